The average Bonchev–Trinajstić information content (AvgIpc) is 3.03. The van der Waals surface area contributed by atoms with E-state index in [4.69, 9.17) is 4.74 Å². The lowest BCUT2D eigenvalue weighted by Crippen LogP contribution is -2.38. The Morgan fingerprint density at radius 2 is 2.14 bits per heavy atom. The van der Waals surface area contributed by atoms with Crippen molar-refractivity contribution < 1.29 is 14.6 Å². The lowest BCUT2D eigenvalue weighted by molar-refractivity contribution is -0.151. The number of benzene rings is 1. The van der Waals surface area contributed by atoms with Crippen LogP contribution in [0.4, 0.5) is 0 Å². The van der Waals surface area contributed by atoms with Crippen LogP contribution in [0.25, 0.3) is 5.69 Å². The topological polar surface area (TPSA) is 77.2 Å². The van der Waals surface area contributed by atoms with Crippen LogP contribution in [-0.4, -0.2) is 32.7 Å². The Morgan fingerprint density at radius 1 is 1.32 bits per heavy atom. The summed E-state index contributed by atoms with van der Waals surface area (Å²) in [4.78, 5) is 11.6. The van der Waals surface area contributed by atoms with Gasteiger partial charge in [-0.25, -0.2) is 0 Å². The Morgan fingerprint density at radius 3 is 2.82 bits per heavy atom. The fourth-order valence-electron chi connectivity index (χ4n) is 2.56. The first-order chi connectivity index (χ1) is 10.7. The van der Waals surface area contributed by atoms with Gasteiger partial charge in [0.1, 0.15) is 18.2 Å². The summed E-state index contributed by atoms with van der Waals surface area (Å²) in [6, 6.07) is 9.47. The van der Waals surface area contributed by atoms with Crippen LogP contribution in [0.15, 0.2) is 48.7 Å². The zero-order valence-electron chi connectivity index (χ0n) is 12.1. The number of ether oxygens (including phenoxy) is 1. The van der Waals surface area contributed by atoms with Gasteiger partial charge in [-0.2, -0.15) is 4.68 Å². The Balaban J connectivity index is 1.78. The van der Waals surface area contributed by atoms with Crippen molar-refractivity contribution in [1.82, 2.24) is 15.0 Å². The lowest BCUT2D eigenvalue weighted by atomic mass is 9.78. The molecule has 1 unspecified atom stereocenters. The number of aliphatic carboxylic acids is 1. The molecule has 0 spiro atoms. The molecule has 1 aromatic carbocycles. The molecule has 114 valence electrons. The van der Waals surface area contributed by atoms with E-state index in [-0.39, 0.29) is 6.61 Å². The summed E-state index contributed by atoms with van der Waals surface area (Å²) < 4.78 is 7.32. The molecule has 1 N–H and O–H groups in total. The Bertz CT molecular complexity index is 681. The number of hydrogen-bond acceptors (Lipinski definition) is 4. The zero-order chi connectivity index (χ0) is 15.4. The number of allylic oxidation sites excluding steroid dienone is 2. The average molecular weight is 299 g/mol. The maximum atomic E-state index is 11.6. The van der Waals surface area contributed by atoms with Crippen molar-refractivity contribution in [3.05, 3.63) is 48.7 Å². The van der Waals surface area contributed by atoms with E-state index in [0.29, 0.717) is 18.7 Å². The third-order valence-electron chi connectivity index (χ3n) is 3.93. The molecule has 1 aliphatic carbocycles. The second-order valence-corrected chi connectivity index (χ2v) is 5.41. The van der Waals surface area contributed by atoms with Crippen molar-refractivity contribution in [2.45, 2.75) is 19.3 Å². The Hall–Kier alpha value is -2.63. The number of para-hydroxylation sites is 1. The second-order valence-electron chi connectivity index (χ2n) is 5.41. The van der Waals surface area contributed by atoms with E-state index >= 15 is 0 Å². The molecule has 3 rings (SSSR count). The predicted octanol–water partition coefficient (Wildman–Crippen LogP) is 2.46. The molecule has 0 saturated heterocycles. The number of hydrogen-bond donors (Lipinski definition) is 1. The molecular weight excluding hydrogens is 282 g/mol. The largest absolute Gasteiger partial charge is 0.481 e. The van der Waals surface area contributed by atoms with E-state index in [2.05, 4.69) is 10.3 Å². The monoisotopic (exact) mass is 299 g/mol. The molecule has 1 aromatic heterocycles. The molecule has 0 saturated carbocycles. The molecule has 0 radical (unpaired) electrons. The highest BCUT2D eigenvalue weighted by Gasteiger charge is 2.39. The predicted molar refractivity (Wildman–Crippen MR) is 79.9 cm³/mol. The number of carboxylic acids is 1. The first-order valence-electron chi connectivity index (χ1n) is 7.19. The van der Waals surface area contributed by atoms with E-state index < -0.39 is 11.4 Å². The van der Waals surface area contributed by atoms with Crippen molar-refractivity contribution in [3.63, 3.8) is 0 Å². The van der Waals surface area contributed by atoms with E-state index in [1.807, 2.05) is 42.5 Å². The third-order valence-corrected chi connectivity index (χ3v) is 3.93. The minimum absolute atomic E-state index is 0.104. The second kappa shape index (κ2) is 6.01. The first-order valence-corrected chi connectivity index (χ1v) is 7.19. The summed E-state index contributed by atoms with van der Waals surface area (Å²) in [6.07, 6.45) is 7.23. The summed E-state index contributed by atoms with van der Waals surface area (Å²) >= 11 is 0. The Labute approximate surface area is 128 Å². The van der Waals surface area contributed by atoms with Crippen molar-refractivity contribution in [1.29, 1.82) is 0 Å². The van der Waals surface area contributed by atoms with Gasteiger partial charge < -0.3 is 9.84 Å². The van der Waals surface area contributed by atoms with Crippen molar-refractivity contribution in [2.24, 2.45) is 5.41 Å². The molecule has 1 aliphatic rings. The van der Waals surface area contributed by atoms with Gasteiger partial charge in [0.25, 0.3) is 0 Å². The normalized spacial score (nSPS) is 20.7. The molecule has 2 aromatic rings. The van der Waals surface area contributed by atoms with Crippen LogP contribution >= 0.6 is 0 Å². The highest BCUT2D eigenvalue weighted by atomic mass is 16.5. The fourth-order valence-corrected chi connectivity index (χ4v) is 2.56. The van der Waals surface area contributed by atoms with Crippen molar-refractivity contribution in [2.75, 3.05) is 6.61 Å². The summed E-state index contributed by atoms with van der Waals surface area (Å²) in [6.45, 7) is 0.104. The van der Waals surface area contributed by atoms with Gasteiger partial charge in [-0.1, -0.05) is 35.6 Å². The molecular formula is C16H17N3O3. The maximum absolute atomic E-state index is 11.6. The standard InChI is InChI=1S/C16H17N3O3/c20-15(21)16(9-5-2-6-10-16)12-22-14-11-17-18-19(14)13-7-3-1-4-8-13/h1-5,7-8,11H,6,9-10,12H2,(H,20,21). The number of aromatic nitrogens is 3. The summed E-state index contributed by atoms with van der Waals surface area (Å²) in [7, 11) is 0. The minimum Gasteiger partial charge on any atom is -0.481 e. The van der Waals surface area contributed by atoms with Crippen LogP contribution in [0.5, 0.6) is 5.88 Å². The van der Waals surface area contributed by atoms with E-state index in [9.17, 15) is 9.90 Å². The molecule has 1 atom stereocenters. The van der Waals surface area contributed by atoms with Crippen LogP contribution in [0.2, 0.25) is 0 Å². The lowest BCUT2D eigenvalue weighted by Gasteiger charge is -2.29. The Kier molecular flexibility index (Phi) is 3.91. The van der Waals surface area contributed by atoms with Gasteiger partial charge in [0, 0.05) is 0 Å². The minimum atomic E-state index is -0.874. The quantitative estimate of drug-likeness (QED) is 0.858. The number of carboxylic acid groups (broad SMARTS) is 1. The van der Waals surface area contributed by atoms with Crippen LogP contribution in [0.1, 0.15) is 19.3 Å². The van der Waals surface area contributed by atoms with Crippen molar-refractivity contribution in [3.8, 4) is 11.6 Å². The number of nitrogens with zero attached hydrogens (tertiary/aromatic N) is 3. The number of carbonyl (C=O) groups is 1. The third kappa shape index (κ3) is 2.72. The molecule has 6 nitrogen and oxygen atoms in total. The van der Waals surface area contributed by atoms with Gasteiger partial charge in [0.05, 0.1) is 5.69 Å². The highest BCUT2D eigenvalue weighted by molar-refractivity contribution is 5.75. The van der Waals surface area contributed by atoms with Crippen LogP contribution in [-0.2, 0) is 4.79 Å². The maximum Gasteiger partial charge on any atom is 0.313 e. The summed E-state index contributed by atoms with van der Waals surface area (Å²) in [5.74, 6) is -0.378. The molecule has 6 heteroatoms. The van der Waals surface area contributed by atoms with E-state index in [1.165, 1.54) is 6.20 Å². The van der Waals surface area contributed by atoms with Crippen LogP contribution < -0.4 is 4.74 Å². The highest BCUT2D eigenvalue weighted by Crippen LogP contribution is 2.34. The van der Waals surface area contributed by atoms with Crippen LogP contribution in [0, 0.1) is 5.41 Å². The first kappa shape index (κ1) is 14.3. The van der Waals surface area contributed by atoms with Crippen molar-refractivity contribution >= 4 is 5.97 Å². The smallest absolute Gasteiger partial charge is 0.313 e. The van der Waals surface area contributed by atoms with Gasteiger partial charge >= 0.3 is 5.97 Å². The fraction of sp³-hybridized carbons (Fsp3) is 0.312. The SMILES string of the molecule is O=C(O)C1(COc2cnnn2-c2ccccc2)CC=CCC1. The molecule has 0 amide bonds. The van der Waals surface area contributed by atoms with Gasteiger partial charge in [-0.15, -0.1) is 5.10 Å². The molecule has 0 fully saturated rings. The molecule has 22 heavy (non-hydrogen) atoms. The summed E-state index contributed by atoms with van der Waals surface area (Å²) in [5, 5.41) is 17.4. The van der Waals surface area contributed by atoms with Gasteiger partial charge in [-0.05, 0) is 31.4 Å². The molecule has 0 aliphatic heterocycles. The zero-order valence-corrected chi connectivity index (χ0v) is 12.1. The van der Waals surface area contributed by atoms with Crippen LogP contribution in [0.3, 0.4) is 0 Å². The molecule has 0 bridgehead atoms. The summed E-state index contributed by atoms with van der Waals surface area (Å²) in [5.41, 5.74) is -0.0523. The van der Waals surface area contributed by atoms with Gasteiger partial charge in [0.2, 0.25) is 5.88 Å². The van der Waals surface area contributed by atoms with Gasteiger partial charge in [-0.3, -0.25) is 4.79 Å². The van der Waals surface area contributed by atoms with E-state index in [1.54, 1.807) is 4.68 Å². The van der Waals surface area contributed by atoms with Gasteiger partial charge in [0.15, 0.2) is 0 Å². The van der Waals surface area contributed by atoms with E-state index in [0.717, 1.165) is 12.1 Å². The molecule has 1 heterocycles. The number of rotatable bonds is 5.